The maximum Gasteiger partial charge on any atom is 0.325 e. The molecule has 1 aromatic heterocycles. The van der Waals surface area contributed by atoms with E-state index in [1.54, 1.807) is 6.92 Å². The molecule has 2 rings (SSSR count). The smallest absolute Gasteiger partial charge is 0.325 e. The van der Waals surface area contributed by atoms with Crippen LogP contribution < -0.4 is 21.6 Å². The van der Waals surface area contributed by atoms with E-state index in [9.17, 15) is 24.0 Å². The quantitative estimate of drug-likeness (QED) is 0.165. The van der Waals surface area contributed by atoms with E-state index in [-0.39, 0.29) is 12.2 Å². The number of hydrogen-bond acceptors (Lipinski definition) is 6. The van der Waals surface area contributed by atoms with Gasteiger partial charge in [0.05, 0.1) is 5.50 Å². The Morgan fingerprint density at radius 2 is 1.77 bits per heavy atom. The molecule has 0 spiro atoms. The lowest BCUT2D eigenvalue weighted by Crippen LogP contribution is -2.50. The second-order valence-electron chi connectivity index (χ2n) is 7.40. The molecule has 2 atom stereocenters. The number of carbonyl (C=O) groups is 4. The van der Waals surface area contributed by atoms with Gasteiger partial charge in [0, 0.05) is 24.9 Å². The van der Waals surface area contributed by atoms with Crippen molar-refractivity contribution in [3.63, 3.8) is 0 Å². The number of rotatable bonds is 10. The molecule has 0 saturated carbocycles. The first-order chi connectivity index (χ1) is 16.6. The van der Waals surface area contributed by atoms with Crippen molar-refractivity contribution in [3.8, 4) is 0 Å². The second kappa shape index (κ2) is 12.9. The number of aliphatic carboxylic acids is 1. The van der Waals surface area contributed by atoms with E-state index < -0.39 is 47.3 Å². The highest BCUT2D eigenvalue weighted by molar-refractivity contribution is 6.21. The number of benzene rings is 1. The molecule has 4 N–H and O–H groups in total. The lowest BCUT2D eigenvalue weighted by molar-refractivity contribution is -0.148. The summed E-state index contributed by atoms with van der Waals surface area (Å²) in [6.45, 7) is 2.39. The Morgan fingerprint density at radius 3 is 2.40 bits per heavy atom. The number of carboxylic acids is 1. The molecule has 1 aromatic carbocycles. The van der Waals surface area contributed by atoms with Gasteiger partial charge in [-0.3, -0.25) is 29.4 Å². The number of hydrogen-bond donors (Lipinski definition) is 4. The summed E-state index contributed by atoms with van der Waals surface area (Å²) in [4.78, 5) is 61.0. The molecule has 0 fully saturated rings. The second-order valence-corrected chi connectivity index (χ2v) is 8.06. The van der Waals surface area contributed by atoms with Crippen molar-refractivity contribution in [1.82, 2.24) is 20.3 Å². The van der Waals surface area contributed by atoms with Crippen molar-refractivity contribution in [3.05, 3.63) is 76.7 Å². The average Bonchev–Trinajstić information content (AvgIpc) is 2.81. The topological polar surface area (TPSA) is 150 Å². The predicted octanol–water partition coefficient (Wildman–Crippen LogP) is 1.22. The molecule has 12 heteroatoms. The maximum atomic E-state index is 12.7. The number of carboxylic acid groups (broad SMARTS) is 1. The third kappa shape index (κ3) is 8.63. The van der Waals surface area contributed by atoms with E-state index >= 15 is 0 Å². The highest BCUT2D eigenvalue weighted by Crippen LogP contribution is 2.08. The first-order valence-electron chi connectivity index (χ1n) is 10.5. The van der Waals surface area contributed by atoms with Gasteiger partial charge in [-0.05, 0) is 31.5 Å². The van der Waals surface area contributed by atoms with Crippen LogP contribution in [0.2, 0.25) is 0 Å². The van der Waals surface area contributed by atoms with Gasteiger partial charge in [0.1, 0.15) is 18.3 Å². The number of pyridine rings is 1. The Bertz CT molecular complexity index is 1150. The number of anilines is 1. The van der Waals surface area contributed by atoms with Crippen molar-refractivity contribution in [2.45, 2.75) is 31.9 Å². The molecule has 0 bridgehead atoms. The van der Waals surface area contributed by atoms with Gasteiger partial charge in [-0.2, -0.15) is 0 Å². The highest BCUT2D eigenvalue weighted by Gasteiger charge is 2.23. The minimum Gasteiger partial charge on any atom is -0.480 e. The van der Waals surface area contributed by atoms with Gasteiger partial charge in [0.15, 0.2) is 0 Å². The Morgan fingerprint density at radius 1 is 1.09 bits per heavy atom. The van der Waals surface area contributed by atoms with Crippen LogP contribution in [0, 0.1) is 0 Å². The molecule has 1 heterocycles. The van der Waals surface area contributed by atoms with Gasteiger partial charge in [0.25, 0.3) is 17.4 Å². The molecule has 0 aliphatic carbocycles. The molecule has 2 unspecified atom stereocenters. The fourth-order valence-electron chi connectivity index (χ4n) is 2.88. The molecule has 186 valence electrons. The van der Waals surface area contributed by atoms with Crippen molar-refractivity contribution in [1.29, 1.82) is 0 Å². The molecule has 35 heavy (non-hydrogen) atoms. The lowest BCUT2D eigenvalue weighted by atomic mass is 10.2. The highest BCUT2D eigenvalue weighted by atomic mass is 35.5. The van der Waals surface area contributed by atoms with Gasteiger partial charge in [-0.15, -0.1) is 0 Å². The third-order valence-corrected chi connectivity index (χ3v) is 4.73. The molecule has 2 aromatic rings. The third-order valence-electron chi connectivity index (χ3n) is 4.62. The molecular weight excluding hydrogens is 478 g/mol. The zero-order valence-electron chi connectivity index (χ0n) is 19.1. The van der Waals surface area contributed by atoms with Crippen LogP contribution in [0.25, 0.3) is 0 Å². The van der Waals surface area contributed by atoms with E-state index in [0.29, 0.717) is 5.01 Å². The van der Waals surface area contributed by atoms with Gasteiger partial charge in [-0.1, -0.05) is 41.9 Å². The SMILES string of the molecule is CC(Cl)Nc1cccn(C(C)C(=O)NN(CC(=O)O)C(=O)/C=C/C(=O)NCc2ccccc2)c1=O. The minimum absolute atomic E-state index is 0.164. The summed E-state index contributed by atoms with van der Waals surface area (Å²) in [5, 5.41) is 15.0. The number of hydrazine groups is 1. The van der Waals surface area contributed by atoms with Gasteiger partial charge in [-0.25, -0.2) is 5.01 Å². The van der Waals surface area contributed by atoms with Gasteiger partial charge in [0.2, 0.25) is 5.91 Å². The minimum atomic E-state index is -1.40. The van der Waals surface area contributed by atoms with Gasteiger partial charge < -0.3 is 20.3 Å². The summed E-state index contributed by atoms with van der Waals surface area (Å²) < 4.78 is 1.10. The number of halogens is 1. The summed E-state index contributed by atoms with van der Waals surface area (Å²) in [5.74, 6) is -3.74. The molecule has 0 aliphatic heterocycles. The number of nitrogens with one attached hydrogen (secondary N) is 3. The molecule has 3 amide bonds. The Labute approximate surface area is 206 Å². The first kappa shape index (κ1) is 27.1. The van der Waals surface area contributed by atoms with Crippen LogP contribution >= 0.6 is 11.6 Å². The van der Waals surface area contributed by atoms with E-state index in [1.807, 2.05) is 30.3 Å². The van der Waals surface area contributed by atoms with Crippen LogP contribution in [-0.4, -0.2) is 50.4 Å². The van der Waals surface area contributed by atoms with Crippen molar-refractivity contribution in [2.75, 3.05) is 11.9 Å². The number of alkyl halides is 1. The van der Waals surface area contributed by atoms with E-state index in [2.05, 4.69) is 16.1 Å². The van der Waals surface area contributed by atoms with Crippen LogP contribution in [0.15, 0.2) is 65.6 Å². The number of carbonyl (C=O) groups excluding carboxylic acids is 3. The largest absolute Gasteiger partial charge is 0.480 e. The summed E-state index contributed by atoms with van der Waals surface area (Å²) in [6, 6.07) is 11.0. The Kier molecular flexibility index (Phi) is 10.0. The molecule has 11 nitrogen and oxygen atoms in total. The standard InChI is InChI=1S/C23H26ClN5O6/c1-15(28-12-6-9-18(23(28)35)26-16(2)24)22(34)27-29(14-21(32)33)20(31)11-10-19(30)25-13-17-7-4-3-5-8-17/h3-12,15-16,26H,13-14H2,1-2H3,(H,25,30)(H,27,34)(H,32,33)/b11-10+. The van der Waals surface area contributed by atoms with E-state index in [4.69, 9.17) is 16.7 Å². The predicted molar refractivity (Wildman–Crippen MR) is 129 cm³/mol. The molecule has 0 radical (unpaired) electrons. The number of amides is 3. The van der Waals surface area contributed by atoms with Crippen molar-refractivity contribution in [2.24, 2.45) is 0 Å². The van der Waals surface area contributed by atoms with Crippen LogP contribution in [0.1, 0.15) is 25.5 Å². The first-order valence-corrected chi connectivity index (χ1v) is 11.0. The molecular formula is C23H26ClN5O6. The Hall–Kier alpha value is -4.12. The summed E-state index contributed by atoms with van der Waals surface area (Å²) >= 11 is 5.86. The van der Waals surface area contributed by atoms with Crippen LogP contribution in [-0.2, 0) is 25.7 Å². The normalized spacial score (nSPS) is 12.4. The average molecular weight is 504 g/mol. The fourth-order valence-corrected chi connectivity index (χ4v) is 3.00. The lowest BCUT2D eigenvalue weighted by Gasteiger charge is -2.23. The maximum absolute atomic E-state index is 12.7. The molecule has 0 saturated heterocycles. The summed E-state index contributed by atoms with van der Waals surface area (Å²) in [5.41, 5.74) is 2.13. The number of nitrogens with zero attached hydrogens (tertiary/aromatic N) is 2. The fraction of sp³-hybridized carbons (Fsp3) is 0.261. The monoisotopic (exact) mass is 503 g/mol. The van der Waals surface area contributed by atoms with Crippen LogP contribution in [0.4, 0.5) is 5.69 Å². The zero-order valence-corrected chi connectivity index (χ0v) is 19.9. The van der Waals surface area contributed by atoms with E-state index in [1.165, 1.54) is 25.3 Å². The summed E-state index contributed by atoms with van der Waals surface area (Å²) in [6.07, 6.45) is 3.15. The van der Waals surface area contributed by atoms with Crippen molar-refractivity contribution < 1.29 is 24.3 Å². The zero-order chi connectivity index (χ0) is 26.0. The number of aromatic nitrogens is 1. The summed E-state index contributed by atoms with van der Waals surface area (Å²) in [7, 11) is 0. The van der Waals surface area contributed by atoms with Gasteiger partial charge >= 0.3 is 5.97 Å². The van der Waals surface area contributed by atoms with E-state index in [0.717, 1.165) is 22.3 Å². The van der Waals surface area contributed by atoms with Crippen molar-refractivity contribution >= 4 is 41.0 Å². The van der Waals surface area contributed by atoms with Crippen LogP contribution in [0.5, 0.6) is 0 Å². The van der Waals surface area contributed by atoms with Crippen LogP contribution in [0.3, 0.4) is 0 Å². The Balaban J connectivity index is 2.07. The molecule has 0 aliphatic rings.